The quantitative estimate of drug-likeness (QED) is 0.515. The maximum atomic E-state index is 12.7. The zero-order chi connectivity index (χ0) is 21.3. The molecule has 0 spiro atoms. The lowest BCUT2D eigenvalue weighted by Crippen LogP contribution is -2.46. The Morgan fingerprint density at radius 2 is 1.83 bits per heavy atom. The standard InChI is InChI=1S/C23H29N3O4/c1-17-15-26(16-18(2)30-17)12-7-11-24-23(28)21(14-20-10-6-13-29-20)25-22(27)19-8-4-3-5-9-19/h3-6,8-10,13-14,17-18H,7,11-12,15-16H2,1-2H3,(H,24,28)(H,25,27). The number of nitrogens with zero attached hydrogens (tertiary/aromatic N) is 1. The lowest BCUT2D eigenvalue weighted by molar-refractivity contribution is -0.117. The molecular formula is C23H29N3O4. The average molecular weight is 412 g/mol. The second-order valence-corrected chi connectivity index (χ2v) is 7.52. The van der Waals surface area contributed by atoms with E-state index in [1.807, 2.05) is 6.07 Å². The molecule has 7 heteroatoms. The van der Waals surface area contributed by atoms with Gasteiger partial charge in [0.1, 0.15) is 11.5 Å². The molecule has 1 aliphatic heterocycles. The SMILES string of the molecule is CC1CN(CCCNC(=O)C(=Cc2ccco2)NC(=O)c2ccccc2)CC(C)O1. The van der Waals surface area contributed by atoms with Gasteiger partial charge in [-0.3, -0.25) is 14.5 Å². The van der Waals surface area contributed by atoms with Crippen molar-refractivity contribution in [3.05, 3.63) is 65.7 Å². The van der Waals surface area contributed by atoms with Crippen molar-refractivity contribution in [2.24, 2.45) is 0 Å². The molecule has 2 aromatic rings. The van der Waals surface area contributed by atoms with Crippen molar-refractivity contribution in [1.82, 2.24) is 15.5 Å². The predicted molar refractivity (Wildman–Crippen MR) is 115 cm³/mol. The van der Waals surface area contributed by atoms with E-state index in [4.69, 9.17) is 9.15 Å². The summed E-state index contributed by atoms with van der Waals surface area (Å²) in [5.74, 6) is -0.205. The van der Waals surface area contributed by atoms with Gasteiger partial charge >= 0.3 is 0 Å². The second-order valence-electron chi connectivity index (χ2n) is 7.52. The number of carbonyl (C=O) groups is 2. The molecule has 2 heterocycles. The van der Waals surface area contributed by atoms with E-state index in [1.54, 1.807) is 36.4 Å². The summed E-state index contributed by atoms with van der Waals surface area (Å²) in [6.07, 6.45) is 4.30. The van der Waals surface area contributed by atoms with E-state index in [9.17, 15) is 9.59 Å². The number of hydrogen-bond donors (Lipinski definition) is 2. The highest BCUT2D eigenvalue weighted by Crippen LogP contribution is 2.11. The zero-order valence-electron chi connectivity index (χ0n) is 17.5. The topological polar surface area (TPSA) is 83.8 Å². The van der Waals surface area contributed by atoms with E-state index in [-0.39, 0.29) is 29.7 Å². The molecule has 0 radical (unpaired) electrons. The van der Waals surface area contributed by atoms with Crippen LogP contribution in [0.5, 0.6) is 0 Å². The Balaban J connectivity index is 1.55. The predicted octanol–water partition coefficient (Wildman–Crippen LogP) is 2.67. The molecule has 3 rings (SSSR count). The Hall–Kier alpha value is -2.90. The number of morpholine rings is 1. The smallest absolute Gasteiger partial charge is 0.267 e. The Morgan fingerprint density at radius 1 is 1.10 bits per heavy atom. The van der Waals surface area contributed by atoms with E-state index in [1.165, 1.54) is 12.3 Å². The van der Waals surface area contributed by atoms with Gasteiger partial charge in [0.25, 0.3) is 11.8 Å². The molecular weight excluding hydrogens is 382 g/mol. The first-order chi connectivity index (χ1) is 14.5. The summed E-state index contributed by atoms with van der Waals surface area (Å²) in [4.78, 5) is 27.6. The van der Waals surface area contributed by atoms with Crippen LogP contribution >= 0.6 is 0 Å². The van der Waals surface area contributed by atoms with Crippen molar-refractivity contribution in [2.75, 3.05) is 26.2 Å². The van der Waals surface area contributed by atoms with Crippen LogP contribution in [0, 0.1) is 0 Å². The molecule has 7 nitrogen and oxygen atoms in total. The molecule has 1 aromatic carbocycles. The first-order valence-corrected chi connectivity index (χ1v) is 10.3. The fourth-order valence-electron chi connectivity index (χ4n) is 3.52. The van der Waals surface area contributed by atoms with Gasteiger partial charge in [0, 0.05) is 37.8 Å². The van der Waals surface area contributed by atoms with Crippen molar-refractivity contribution in [3.63, 3.8) is 0 Å². The normalized spacial score (nSPS) is 20.0. The fraction of sp³-hybridized carbons (Fsp3) is 0.391. The molecule has 160 valence electrons. The summed E-state index contributed by atoms with van der Waals surface area (Å²) in [6.45, 7) is 7.34. The van der Waals surface area contributed by atoms with Gasteiger partial charge in [-0.15, -0.1) is 0 Å². The first-order valence-electron chi connectivity index (χ1n) is 10.3. The number of ether oxygens (including phenoxy) is 1. The monoisotopic (exact) mass is 411 g/mol. The summed E-state index contributed by atoms with van der Waals surface area (Å²) >= 11 is 0. The number of amides is 2. The minimum Gasteiger partial charge on any atom is -0.465 e. The Bertz CT molecular complexity index is 839. The number of hydrogen-bond acceptors (Lipinski definition) is 5. The summed E-state index contributed by atoms with van der Waals surface area (Å²) in [6, 6.07) is 12.2. The van der Waals surface area contributed by atoms with Gasteiger partial charge in [-0.1, -0.05) is 18.2 Å². The number of nitrogens with one attached hydrogen (secondary N) is 2. The number of carbonyl (C=O) groups excluding carboxylic acids is 2. The van der Waals surface area contributed by atoms with Gasteiger partial charge in [0.2, 0.25) is 0 Å². The summed E-state index contributed by atoms with van der Waals surface area (Å²) in [5, 5.41) is 5.59. The molecule has 0 aliphatic carbocycles. The van der Waals surface area contributed by atoms with Gasteiger partial charge in [-0.05, 0) is 44.5 Å². The molecule has 30 heavy (non-hydrogen) atoms. The third-order valence-corrected chi connectivity index (χ3v) is 4.79. The molecule has 1 aromatic heterocycles. The van der Waals surface area contributed by atoms with Gasteiger partial charge in [0.15, 0.2) is 0 Å². The largest absolute Gasteiger partial charge is 0.465 e. The minimum absolute atomic E-state index is 0.146. The summed E-state index contributed by atoms with van der Waals surface area (Å²) in [7, 11) is 0. The van der Waals surface area contributed by atoms with Gasteiger partial charge in [0.05, 0.1) is 18.5 Å². The average Bonchev–Trinajstić information content (AvgIpc) is 3.23. The zero-order valence-corrected chi connectivity index (χ0v) is 17.5. The van der Waals surface area contributed by atoms with Crippen molar-refractivity contribution in [2.45, 2.75) is 32.5 Å². The summed E-state index contributed by atoms with van der Waals surface area (Å²) < 4.78 is 11.0. The highest BCUT2D eigenvalue weighted by molar-refractivity contribution is 6.05. The highest BCUT2D eigenvalue weighted by atomic mass is 16.5. The molecule has 0 saturated carbocycles. The van der Waals surface area contributed by atoms with Crippen LogP contribution in [0.3, 0.4) is 0 Å². The van der Waals surface area contributed by atoms with Crippen LogP contribution in [0.2, 0.25) is 0 Å². The van der Waals surface area contributed by atoms with Crippen LogP contribution in [0.15, 0.2) is 58.8 Å². The third kappa shape index (κ3) is 6.57. The van der Waals surface area contributed by atoms with Crippen LogP contribution in [-0.2, 0) is 9.53 Å². The van der Waals surface area contributed by atoms with Crippen molar-refractivity contribution < 1.29 is 18.7 Å². The van der Waals surface area contributed by atoms with Crippen molar-refractivity contribution in [3.8, 4) is 0 Å². The Kier molecular flexibility index (Phi) is 7.82. The fourth-order valence-corrected chi connectivity index (χ4v) is 3.52. The molecule has 2 amide bonds. The number of furan rings is 1. The maximum absolute atomic E-state index is 12.7. The van der Waals surface area contributed by atoms with Crippen LogP contribution in [-0.4, -0.2) is 55.1 Å². The number of rotatable bonds is 8. The second kappa shape index (κ2) is 10.8. The molecule has 2 unspecified atom stereocenters. The Labute approximate surface area is 177 Å². The highest BCUT2D eigenvalue weighted by Gasteiger charge is 2.21. The van der Waals surface area contributed by atoms with Gasteiger partial charge < -0.3 is 19.8 Å². The third-order valence-electron chi connectivity index (χ3n) is 4.79. The summed E-state index contributed by atoms with van der Waals surface area (Å²) in [5.41, 5.74) is 0.624. The molecule has 2 N–H and O–H groups in total. The van der Waals surface area contributed by atoms with E-state index >= 15 is 0 Å². The lowest BCUT2D eigenvalue weighted by atomic mass is 10.2. The molecule has 1 aliphatic rings. The lowest BCUT2D eigenvalue weighted by Gasteiger charge is -2.35. The van der Waals surface area contributed by atoms with E-state index in [2.05, 4.69) is 29.4 Å². The molecule has 0 bridgehead atoms. The van der Waals surface area contributed by atoms with Crippen LogP contribution in [0.1, 0.15) is 36.4 Å². The molecule has 2 atom stereocenters. The molecule has 1 fully saturated rings. The number of benzene rings is 1. The molecule has 1 saturated heterocycles. The maximum Gasteiger partial charge on any atom is 0.267 e. The minimum atomic E-state index is -0.348. The van der Waals surface area contributed by atoms with E-state index in [0.717, 1.165) is 26.1 Å². The van der Waals surface area contributed by atoms with Crippen molar-refractivity contribution >= 4 is 17.9 Å². The van der Waals surface area contributed by atoms with Crippen LogP contribution in [0.25, 0.3) is 6.08 Å². The van der Waals surface area contributed by atoms with Crippen LogP contribution in [0.4, 0.5) is 0 Å². The first kappa shape index (κ1) is 21.8. The van der Waals surface area contributed by atoms with Gasteiger partial charge in [-0.2, -0.15) is 0 Å². The van der Waals surface area contributed by atoms with E-state index < -0.39 is 0 Å². The Morgan fingerprint density at radius 3 is 2.50 bits per heavy atom. The van der Waals surface area contributed by atoms with E-state index in [0.29, 0.717) is 17.9 Å². The van der Waals surface area contributed by atoms with Crippen molar-refractivity contribution in [1.29, 1.82) is 0 Å². The van der Waals surface area contributed by atoms with Gasteiger partial charge in [-0.25, -0.2) is 0 Å². The van der Waals surface area contributed by atoms with Crippen LogP contribution < -0.4 is 10.6 Å².